The Bertz CT molecular complexity index is 1270. The zero-order valence-corrected chi connectivity index (χ0v) is 17.8. The van der Waals surface area contributed by atoms with E-state index in [9.17, 15) is 19.7 Å². The molecule has 6 nitrogen and oxygen atoms in total. The number of halogens is 1. The molecule has 0 aliphatic rings. The molecule has 0 unspecified atom stereocenters. The molecule has 0 fully saturated rings. The second-order valence-electron chi connectivity index (χ2n) is 6.80. The second kappa shape index (κ2) is 11.1. The third-order valence-electron chi connectivity index (χ3n) is 4.59. The zero-order valence-electron chi connectivity index (χ0n) is 17.8. The van der Waals surface area contributed by atoms with Gasteiger partial charge in [0.25, 0.3) is 5.91 Å². The van der Waals surface area contributed by atoms with E-state index in [1.807, 2.05) is 25.1 Å². The molecule has 0 aromatic heterocycles. The summed E-state index contributed by atoms with van der Waals surface area (Å²) in [5, 5.41) is 21.1. The third kappa shape index (κ3) is 5.96. The number of nitriles is 2. The van der Waals surface area contributed by atoms with Crippen LogP contribution in [0.2, 0.25) is 0 Å². The van der Waals surface area contributed by atoms with E-state index < -0.39 is 11.7 Å². The van der Waals surface area contributed by atoms with E-state index in [0.717, 1.165) is 5.56 Å². The number of nitrogens with one attached hydrogen (secondary N) is 1. The van der Waals surface area contributed by atoms with Crippen molar-refractivity contribution in [3.8, 4) is 23.6 Å². The minimum Gasteiger partial charge on any atom is -0.490 e. The van der Waals surface area contributed by atoms with E-state index in [2.05, 4.69) is 11.4 Å². The standard InChI is InChI=1S/C26H20FN3O3/c1-2-32-25-14-18(11-12-24(25)33-17-20-8-4-3-7-19(20)15-28)13-21(16-29)26(31)30-23-10-6-5-9-22(23)27/h3-14H,2,17H2,1H3,(H,30,31)/b21-13+. The van der Waals surface area contributed by atoms with Crippen molar-refractivity contribution in [1.29, 1.82) is 10.5 Å². The van der Waals surface area contributed by atoms with Gasteiger partial charge >= 0.3 is 0 Å². The number of carbonyl (C=O) groups excluding carboxylic acids is 1. The fraction of sp³-hybridized carbons (Fsp3) is 0.115. The van der Waals surface area contributed by atoms with Crippen LogP contribution in [0.5, 0.6) is 11.5 Å². The van der Waals surface area contributed by atoms with Crippen LogP contribution in [0.1, 0.15) is 23.6 Å². The summed E-state index contributed by atoms with van der Waals surface area (Å²) in [6, 6.07) is 21.8. The quantitative estimate of drug-likeness (QED) is 0.382. The Kier molecular flexibility index (Phi) is 7.77. The molecule has 0 heterocycles. The maximum atomic E-state index is 13.8. The predicted octanol–water partition coefficient (Wildman–Crippen LogP) is 5.22. The van der Waals surface area contributed by atoms with Crippen molar-refractivity contribution in [1.82, 2.24) is 0 Å². The first-order valence-corrected chi connectivity index (χ1v) is 10.1. The highest BCUT2D eigenvalue weighted by Gasteiger charge is 2.13. The number of anilines is 1. The maximum Gasteiger partial charge on any atom is 0.266 e. The number of nitrogens with zero attached hydrogens (tertiary/aromatic N) is 2. The van der Waals surface area contributed by atoms with Crippen molar-refractivity contribution in [3.05, 3.63) is 94.8 Å². The molecule has 1 amide bonds. The smallest absolute Gasteiger partial charge is 0.266 e. The molecular weight excluding hydrogens is 421 g/mol. The highest BCUT2D eigenvalue weighted by Crippen LogP contribution is 2.30. The minimum absolute atomic E-state index is 0.0138. The molecule has 7 heteroatoms. The summed E-state index contributed by atoms with van der Waals surface area (Å²) < 4.78 is 25.3. The molecule has 3 aromatic carbocycles. The Morgan fingerprint density at radius 1 is 1.03 bits per heavy atom. The predicted molar refractivity (Wildman–Crippen MR) is 122 cm³/mol. The van der Waals surface area contributed by atoms with Crippen LogP contribution in [0.4, 0.5) is 10.1 Å². The van der Waals surface area contributed by atoms with E-state index in [4.69, 9.17) is 9.47 Å². The summed E-state index contributed by atoms with van der Waals surface area (Å²) in [4.78, 5) is 12.4. The summed E-state index contributed by atoms with van der Waals surface area (Å²) in [5.41, 5.74) is 1.58. The lowest BCUT2D eigenvalue weighted by Gasteiger charge is -2.13. The minimum atomic E-state index is -0.728. The van der Waals surface area contributed by atoms with Crippen LogP contribution in [0.15, 0.2) is 72.3 Å². The van der Waals surface area contributed by atoms with Crippen molar-refractivity contribution in [2.45, 2.75) is 13.5 Å². The van der Waals surface area contributed by atoms with Crippen LogP contribution < -0.4 is 14.8 Å². The van der Waals surface area contributed by atoms with E-state index in [1.165, 1.54) is 24.3 Å². The Morgan fingerprint density at radius 3 is 2.52 bits per heavy atom. The molecule has 0 aliphatic carbocycles. The van der Waals surface area contributed by atoms with Crippen LogP contribution in [-0.2, 0) is 11.4 Å². The van der Waals surface area contributed by atoms with Crippen molar-refractivity contribution in [2.75, 3.05) is 11.9 Å². The molecule has 0 atom stereocenters. The van der Waals surface area contributed by atoms with Gasteiger partial charge in [0.1, 0.15) is 24.1 Å². The van der Waals surface area contributed by atoms with E-state index in [0.29, 0.717) is 29.2 Å². The van der Waals surface area contributed by atoms with Gasteiger partial charge in [-0.25, -0.2) is 4.39 Å². The Labute approximate surface area is 191 Å². The summed E-state index contributed by atoms with van der Waals surface area (Å²) in [6.07, 6.45) is 1.38. The topological polar surface area (TPSA) is 95.1 Å². The van der Waals surface area contributed by atoms with Crippen molar-refractivity contribution < 1.29 is 18.7 Å². The first-order chi connectivity index (χ1) is 16.0. The largest absolute Gasteiger partial charge is 0.490 e. The zero-order chi connectivity index (χ0) is 23.6. The molecule has 3 rings (SSSR count). The maximum absolute atomic E-state index is 13.8. The molecule has 1 N–H and O–H groups in total. The van der Waals surface area contributed by atoms with E-state index in [1.54, 1.807) is 36.4 Å². The first-order valence-electron chi connectivity index (χ1n) is 10.1. The molecule has 0 bridgehead atoms. The van der Waals surface area contributed by atoms with Gasteiger partial charge in [-0.15, -0.1) is 0 Å². The van der Waals surface area contributed by atoms with Gasteiger partial charge in [-0.2, -0.15) is 10.5 Å². The number of para-hydroxylation sites is 1. The Hall–Kier alpha value is -4.62. The Morgan fingerprint density at radius 2 is 1.79 bits per heavy atom. The summed E-state index contributed by atoms with van der Waals surface area (Å²) in [7, 11) is 0. The molecule has 0 saturated heterocycles. The number of ether oxygens (including phenoxy) is 2. The van der Waals surface area contributed by atoms with Crippen molar-refractivity contribution >= 4 is 17.7 Å². The fourth-order valence-electron chi connectivity index (χ4n) is 2.98. The average Bonchev–Trinajstić information content (AvgIpc) is 2.83. The fourth-order valence-corrected chi connectivity index (χ4v) is 2.98. The van der Waals surface area contributed by atoms with Gasteiger partial charge < -0.3 is 14.8 Å². The van der Waals surface area contributed by atoms with Gasteiger partial charge in [0.05, 0.1) is 23.9 Å². The molecule has 164 valence electrons. The van der Waals surface area contributed by atoms with Crippen LogP contribution in [-0.4, -0.2) is 12.5 Å². The van der Waals surface area contributed by atoms with Gasteiger partial charge in [-0.3, -0.25) is 4.79 Å². The first kappa shape index (κ1) is 23.1. The lowest BCUT2D eigenvalue weighted by molar-refractivity contribution is -0.112. The molecule has 33 heavy (non-hydrogen) atoms. The van der Waals surface area contributed by atoms with E-state index >= 15 is 0 Å². The number of amides is 1. The number of hydrogen-bond acceptors (Lipinski definition) is 5. The van der Waals surface area contributed by atoms with Crippen molar-refractivity contribution in [3.63, 3.8) is 0 Å². The highest BCUT2D eigenvalue weighted by molar-refractivity contribution is 6.09. The number of rotatable bonds is 8. The number of carbonyl (C=O) groups is 1. The Balaban J connectivity index is 1.81. The SMILES string of the molecule is CCOc1cc(/C=C(\C#N)C(=O)Nc2ccccc2F)ccc1OCc1ccccc1C#N. The number of hydrogen-bond donors (Lipinski definition) is 1. The molecule has 0 spiro atoms. The third-order valence-corrected chi connectivity index (χ3v) is 4.59. The van der Waals surface area contributed by atoms with Crippen LogP contribution >= 0.6 is 0 Å². The highest BCUT2D eigenvalue weighted by atomic mass is 19.1. The van der Waals surface area contributed by atoms with Gasteiger partial charge in [-0.1, -0.05) is 36.4 Å². The molecule has 3 aromatic rings. The van der Waals surface area contributed by atoms with Gasteiger partial charge in [0.15, 0.2) is 11.5 Å². The van der Waals surface area contributed by atoms with E-state index in [-0.39, 0.29) is 17.9 Å². The van der Waals surface area contributed by atoms with Crippen molar-refractivity contribution in [2.24, 2.45) is 0 Å². The summed E-state index contributed by atoms with van der Waals surface area (Å²) in [5.74, 6) is -0.446. The van der Waals surface area contributed by atoms with Crippen LogP contribution in [0, 0.1) is 28.5 Å². The second-order valence-corrected chi connectivity index (χ2v) is 6.80. The van der Waals surface area contributed by atoms with Gasteiger partial charge in [-0.05, 0) is 48.9 Å². The van der Waals surface area contributed by atoms with Gasteiger partial charge in [0.2, 0.25) is 0 Å². The van der Waals surface area contributed by atoms with Gasteiger partial charge in [0, 0.05) is 5.56 Å². The average molecular weight is 441 g/mol. The normalized spacial score (nSPS) is 10.6. The molecule has 0 radical (unpaired) electrons. The summed E-state index contributed by atoms with van der Waals surface area (Å²) >= 11 is 0. The molecular formula is C26H20FN3O3. The number of benzene rings is 3. The lowest BCUT2D eigenvalue weighted by Crippen LogP contribution is -2.14. The van der Waals surface area contributed by atoms with Crippen LogP contribution in [0.3, 0.4) is 0 Å². The van der Waals surface area contributed by atoms with Crippen LogP contribution in [0.25, 0.3) is 6.08 Å². The summed E-state index contributed by atoms with van der Waals surface area (Å²) in [6.45, 7) is 2.37. The molecule has 0 aliphatic heterocycles. The lowest BCUT2D eigenvalue weighted by atomic mass is 10.1. The molecule has 0 saturated carbocycles. The monoisotopic (exact) mass is 441 g/mol.